The van der Waals surface area contributed by atoms with Crippen LogP contribution in [-0.2, 0) is 9.59 Å². The Balaban J connectivity index is 2.49. The Labute approximate surface area is 83.7 Å². The molecule has 0 aromatic rings. The van der Waals surface area contributed by atoms with E-state index in [9.17, 15) is 9.59 Å². The number of rotatable bonds is 0. The second-order valence-corrected chi connectivity index (χ2v) is 4.57. The van der Waals surface area contributed by atoms with E-state index < -0.39 is 0 Å². The summed E-state index contributed by atoms with van der Waals surface area (Å²) in [5.74, 6) is 0.624. The lowest BCUT2D eigenvalue weighted by Crippen LogP contribution is -2.36. The molecule has 0 aliphatic heterocycles. The number of allylic oxidation sites excluding steroid dienone is 4. The lowest BCUT2D eigenvalue weighted by molar-refractivity contribution is -0.121. The summed E-state index contributed by atoms with van der Waals surface area (Å²) < 4.78 is 0. The highest BCUT2D eigenvalue weighted by molar-refractivity contribution is 5.97. The van der Waals surface area contributed by atoms with E-state index in [-0.39, 0.29) is 22.9 Å². The van der Waals surface area contributed by atoms with Crippen LogP contribution in [0.3, 0.4) is 0 Å². The molecule has 2 aliphatic rings. The number of carbonyl (C=O) groups excluding carboxylic acids is 2. The van der Waals surface area contributed by atoms with Gasteiger partial charge in [0.05, 0.1) is 0 Å². The van der Waals surface area contributed by atoms with Crippen molar-refractivity contribution in [3.63, 3.8) is 0 Å². The number of ketones is 2. The van der Waals surface area contributed by atoms with E-state index in [1.165, 1.54) is 0 Å². The molecule has 0 spiro atoms. The topological polar surface area (TPSA) is 34.1 Å². The SMILES string of the molecule is C[C@@H]1CC(=O)C=C2C=CC(=O)C[C@]21C. The highest BCUT2D eigenvalue weighted by Crippen LogP contribution is 2.46. The molecule has 0 N–H and O–H groups in total. The Bertz CT molecular complexity index is 363. The molecule has 0 amide bonds. The summed E-state index contributed by atoms with van der Waals surface area (Å²) in [4.78, 5) is 22.7. The first-order valence-corrected chi connectivity index (χ1v) is 4.98. The molecule has 0 saturated heterocycles. The number of hydrogen-bond acceptors (Lipinski definition) is 2. The molecular weight excluding hydrogens is 176 g/mol. The minimum atomic E-state index is -0.111. The van der Waals surface area contributed by atoms with Gasteiger partial charge in [-0.25, -0.2) is 0 Å². The second kappa shape index (κ2) is 2.91. The Hall–Kier alpha value is -1.18. The van der Waals surface area contributed by atoms with Crippen LogP contribution in [0.5, 0.6) is 0 Å². The number of fused-ring (bicyclic) bond motifs is 1. The molecule has 0 saturated carbocycles. The third-order valence-corrected chi connectivity index (χ3v) is 3.56. The summed E-state index contributed by atoms with van der Waals surface area (Å²) >= 11 is 0. The van der Waals surface area contributed by atoms with Crippen molar-refractivity contribution >= 4 is 11.6 Å². The Morgan fingerprint density at radius 1 is 1.29 bits per heavy atom. The quantitative estimate of drug-likeness (QED) is 0.586. The lowest BCUT2D eigenvalue weighted by atomic mass is 9.62. The zero-order valence-electron chi connectivity index (χ0n) is 8.54. The van der Waals surface area contributed by atoms with Gasteiger partial charge in [-0.15, -0.1) is 0 Å². The first-order valence-electron chi connectivity index (χ1n) is 4.98. The number of hydrogen-bond donors (Lipinski definition) is 0. The third kappa shape index (κ3) is 1.26. The molecule has 14 heavy (non-hydrogen) atoms. The first kappa shape index (κ1) is 9.38. The van der Waals surface area contributed by atoms with Gasteiger partial charge in [-0.3, -0.25) is 9.59 Å². The van der Waals surface area contributed by atoms with Crippen LogP contribution in [0, 0.1) is 11.3 Å². The maximum atomic E-state index is 11.4. The van der Waals surface area contributed by atoms with Crippen molar-refractivity contribution in [3.05, 3.63) is 23.8 Å². The maximum absolute atomic E-state index is 11.4. The van der Waals surface area contributed by atoms with Gasteiger partial charge in [0.15, 0.2) is 11.6 Å². The van der Waals surface area contributed by atoms with Crippen molar-refractivity contribution < 1.29 is 9.59 Å². The standard InChI is InChI=1S/C12H14O2/c1-8-5-11(14)6-9-3-4-10(13)7-12(8,9)2/h3-4,6,8H,5,7H2,1-2H3/t8-,12+/m1/s1. The molecular formula is C12H14O2. The molecule has 2 nitrogen and oxygen atoms in total. The van der Waals surface area contributed by atoms with Crippen LogP contribution in [0.1, 0.15) is 26.7 Å². The zero-order chi connectivity index (χ0) is 10.3. The van der Waals surface area contributed by atoms with Crippen LogP contribution in [0.2, 0.25) is 0 Å². The first-order chi connectivity index (χ1) is 6.52. The van der Waals surface area contributed by atoms with Crippen molar-refractivity contribution in [1.29, 1.82) is 0 Å². The monoisotopic (exact) mass is 190 g/mol. The van der Waals surface area contributed by atoms with Gasteiger partial charge in [-0.2, -0.15) is 0 Å². The normalized spacial score (nSPS) is 36.7. The highest BCUT2D eigenvalue weighted by atomic mass is 16.1. The highest BCUT2D eigenvalue weighted by Gasteiger charge is 2.41. The molecule has 2 heteroatoms. The van der Waals surface area contributed by atoms with Gasteiger partial charge >= 0.3 is 0 Å². The fraction of sp³-hybridized carbons (Fsp3) is 0.500. The Morgan fingerprint density at radius 3 is 2.71 bits per heavy atom. The van der Waals surface area contributed by atoms with Gasteiger partial charge in [-0.05, 0) is 23.6 Å². The van der Waals surface area contributed by atoms with Crippen LogP contribution in [0.4, 0.5) is 0 Å². The predicted octanol–water partition coefficient (Wildman–Crippen LogP) is 2.06. The molecule has 0 radical (unpaired) electrons. The van der Waals surface area contributed by atoms with Gasteiger partial charge in [0.1, 0.15) is 0 Å². The maximum Gasteiger partial charge on any atom is 0.156 e. The molecule has 74 valence electrons. The smallest absolute Gasteiger partial charge is 0.156 e. The lowest BCUT2D eigenvalue weighted by Gasteiger charge is -2.40. The summed E-state index contributed by atoms with van der Waals surface area (Å²) in [5, 5.41) is 0. The van der Waals surface area contributed by atoms with Crippen molar-refractivity contribution in [1.82, 2.24) is 0 Å². The number of carbonyl (C=O) groups is 2. The van der Waals surface area contributed by atoms with Gasteiger partial charge in [-0.1, -0.05) is 19.9 Å². The van der Waals surface area contributed by atoms with Crippen molar-refractivity contribution in [2.75, 3.05) is 0 Å². The fourth-order valence-electron chi connectivity index (χ4n) is 2.33. The summed E-state index contributed by atoms with van der Waals surface area (Å²) in [6.07, 6.45) is 6.20. The molecule has 0 heterocycles. The fourth-order valence-corrected chi connectivity index (χ4v) is 2.33. The average molecular weight is 190 g/mol. The van der Waals surface area contributed by atoms with Crippen molar-refractivity contribution in [2.24, 2.45) is 11.3 Å². The summed E-state index contributed by atoms with van der Waals surface area (Å²) in [5.41, 5.74) is 0.917. The van der Waals surface area contributed by atoms with Crippen LogP contribution >= 0.6 is 0 Å². The predicted molar refractivity (Wildman–Crippen MR) is 53.7 cm³/mol. The van der Waals surface area contributed by atoms with E-state index in [4.69, 9.17) is 0 Å². The van der Waals surface area contributed by atoms with E-state index >= 15 is 0 Å². The van der Waals surface area contributed by atoms with Crippen LogP contribution in [0.25, 0.3) is 0 Å². The second-order valence-electron chi connectivity index (χ2n) is 4.57. The summed E-state index contributed by atoms with van der Waals surface area (Å²) in [6.45, 7) is 4.13. The molecule has 0 fully saturated rings. The van der Waals surface area contributed by atoms with Gasteiger partial charge in [0, 0.05) is 18.3 Å². The molecule has 2 aliphatic carbocycles. The van der Waals surface area contributed by atoms with Crippen molar-refractivity contribution in [3.8, 4) is 0 Å². The Kier molecular flexibility index (Phi) is 1.95. The molecule has 0 aromatic heterocycles. The molecule has 0 bridgehead atoms. The van der Waals surface area contributed by atoms with Crippen molar-refractivity contribution in [2.45, 2.75) is 26.7 Å². The van der Waals surface area contributed by atoms with Crippen LogP contribution < -0.4 is 0 Å². The van der Waals surface area contributed by atoms with E-state index in [1.54, 1.807) is 18.2 Å². The molecule has 2 atom stereocenters. The van der Waals surface area contributed by atoms with E-state index in [2.05, 4.69) is 13.8 Å². The molecule has 2 rings (SSSR count). The largest absolute Gasteiger partial charge is 0.295 e. The van der Waals surface area contributed by atoms with E-state index in [0.717, 1.165) is 5.57 Å². The van der Waals surface area contributed by atoms with Crippen LogP contribution in [0.15, 0.2) is 23.8 Å². The van der Waals surface area contributed by atoms with Gasteiger partial charge in [0.2, 0.25) is 0 Å². The minimum absolute atomic E-state index is 0.111. The van der Waals surface area contributed by atoms with E-state index in [1.807, 2.05) is 0 Å². The average Bonchev–Trinajstić information content (AvgIpc) is 2.08. The van der Waals surface area contributed by atoms with Gasteiger partial charge < -0.3 is 0 Å². The summed E-state index contributed by atoms with van der Waals surface area (Å²) in [7, 11) is 0. The van der Waals surface area contributed by atoms with Crippen LogP contribution in [-0.4, -0.2) is 11.6 Å². The summed E-state index contributed by atoms with van der Waals surface area (Å²) in [6, 6.07) is 0. The Morgan fingerprint density at radius 2 is 2.00 bits per heavy atom. The van der Waals surface area contributed by atoms with E-state index in [0.29, 0.717) is 12.8 Å². The minimum Gasteiger partial charge on any atom is -0.295 e. The third-order valence-electron chi connectivity index (χ3n) is 3.56. The molecule has 0 aromatic carbocycles. The zero-order valence-corrected chi connectivity index (χ0v) is 8.54. The van der Waals surface area contributed by atoms with Gasteiger partial charge in [0.25, 0.3) is 0 Å². The molecule has 0 unspecified atom stereocenters.